The van der Waals surface area contributed by atoms with Gasteiger partial charge in [0.1, 0.15) is 5.76 Å². The number of ketones is 1. The largest absolute Gasteiger partial charge is 0.496 e. The Morgan fingerprint density at radius 1 is 1.11 bits per heavy atom. The second-order valence-electron chi connectivity index (χ2n) is 9.66. The fourth-order valence-corrected chi connectivity index (χ4v) is 5.35. The molecule has 0 amide bonds. The SMILES string of the molecule is CCOC1=C(C(=O)C2=CC/C=C\CC=C2)C(C2=CC=CCC2)N(CCCCCN2C=NCCC2)C1. The third-order valence-electron chi connectivity index (χ3n) is 7.09. The van der Waals surface area contributed by atoms with Crippen LogP contribution in [0.1, 0.15) is 58.3 Å². The van der Waals surface area contributed by atoms with Gasteiger partial charge in [-0.05, 0) is 64.0 Å². The van der Waals surface area contributed by atoms with E-state index in [-0.39, 0.29) is 11.8 Å². The summed E-state index contributed by atoms with van der Waals surface area (Å²) in [6, 6.07) is 0.0125. The number of aliphatic imine (C=N–C) groups is 1. The Kier molecular flexibility index (Phi) is 9.76. The molecule has 1 atom stereocenters. The monoisotopic (exact) mass is 475 g/mol. The summed E-state index contributed by atoms with van der Waals surface area (Å²) < 4.78 is 6.13. The summed E-state index contributed by atoms with van der Waals surface area (Å²) in [5.41, 5.74) is 2.99. The molecule has 0 saturated heterocycles. The molecule has 5 nitrogen and oxygen atoms in total. The summed E-state index contributed by atoms with van der Waals surface area (Å²) in [5, 5.41) is 0. The van der Waals surface area contributed by atoms with Crippen LogP contribution < -0.4 is 0 Å². The third kappa shape index (κ3) is 6.94. The summed E-state index contributed by atoms with van der Waals surface area (Å²) in [5.74, 6) is 1.00. The van der Waals surface area contributed by atoms with Crippen molar-refractivity contribution in [2.45, 2.75) is 64.3 Å². The van der Waals surface area contributed by atoms with E-state index in [4.69, 9.17) is 4.74 Å². The minimum atomic E-state index is 0.0125. The number of hydrogen-bond donors (Lipinski definition) is 0. The zero-order chi connectivity index (χ0) is 24.3. The van der Waals surface area contributed by atoms with E-state index in [0.29, 0.717) is 6.61 Å². The van der Waals surface area contributed by atoms with Gasteiger partial charge in [-0.3, -0.25) is 14.7 Å². The molecule has 2 aliphatic heterocycles. The van der Waals surface area contributed by atoms with Crippen molar-refractivity contribution in [3.8, 4) is 0 Å². The zero-order valence-corrected chi connectivity index (χ0v) is 21.3. The van der Waals surface area contributed by atoms with Gasteiger partial charge < -0.3 is 9.64 Å². The van der Waals surface area contributed by atoms with Crippen molar-refractivity contribution in [3.05, 3.63) is 71.1 Å². The second kappa shape index (κ2) is 13.4. The van der Waals surface area contributed by atoms with Crippen molar-refractivity contribution >= 4 is 12.1 Å². The summed E-state index contributed by atoms with van der Waals surface area (Å²) in [6.07, 6.45) is 27.4. The lowest BCUT2D eigenvalue weighted by Gasteiger charge is -2.29. The molecular formula is C30H41N3O2. The van der Waals surface area contributed by atoms with Gasteiger partial charge in [-0.15, -0.1) is 0 Å². The number of ether oxygens (including phenoxy) is 1. The van der Waals surface area contributed by atoms with Crippen LogP contribution in [-0.2, 0) is 9.53 Å². The van der Waals surface area contributed by atoms with Crippen molar-refractivity contribution in [3.63, 3.8) is 0 Å². The first-order valence-electron chi connectivity index (χ1n) is 13.5. The number of Topliss-reactive ketones (excluding diaryl/α,β-unsaturated/α-hetero) is 1. The molecule has 0 aromatic heterocycles. The summed E-state index contributed by atoms with van der Waals surface area (Å²) in [4.78, 5) is 23.2. The number of nitrogens with zero attached hydrogens (tertiary/aromatic N) is 3. The number of hydrogen-bond acceptors (Lipinski definition) is 5. The number of allylic oxidation sites excluding steroid dienone is 9. The van der Waals surface area contributed by atoms with Crippen LogP contribution in [0, 0.1) is 0 Å². The van der Waals surface area contributed by atoms with Crippen LogP contribution in [0.15, 0.2) is 76.1 Å². The lowest BCUT2D eigenvalue weighted by atomic mass is 9.88. The maximum Gasteiger partial charge on any atom is 0.194 e. The number of carbonyl (C=O) groups is 1. The predicted molar refractivity (Wildman–Crippen MR) is 144 cm³/mol. The standard InChI is InChI=1S/C30H41N3O2/c1-2-35-27-23-33(22-13-7-12-20-32-21-14-19-31-24-32)29(25-15-10-6-11-16-25)28(27)30(34)26-17-8-4-3-5-9-18-26/h3-4,6,9-10,15,17-18,24,29H,2,5,7-8,11-14,16,19-23H2,1H3/b4-3-,18-9?,26-17?. The van der Waals surface area contributed by atoms with Gasteiger partial charge in [0, 0.05) is 25.2 Å². The molecule has 0 bridgehead atoms. The molecule has 0 N–H and O–H groups in total. The van der Waals surface area contributed by atoms with E-state index in [2.05, 4.69) is 57.3 Å². The van der Waals surface area contributed by atoms with Crippen LogP contribution in [0.4, 0.5) is 0 Å². The molecule has 0 saturated carbocycles. The van der Waals surface area contributed by atoms with Crippen LogP contribution in [0.5, 0.6) is 0 Å². The Hall–Kier alpha value is -2.66. The highest BCUT2D eigenvalue weighted by molar-refractivity contribution is 6.12. The van der Waals surface area contributed by atoms with Crippen LogP contribution in [0.25, 0.3) is 0 Å². The molecule has 0 aromatic carbocycles. The highest BCUT2D eigenvalue weighted by Gasteiger charge is 2.39. The van der Waals surface area contributed by atoms with Gasteiger partial charge in [0.2, 0.25) is 0 Å². The molecule has 5 heteroatoms. The van der Waals surface area contributed by atoms with Gasteiger partial charge in [-0.2, -0.15) is 0 Å². The van der Waals surface area contributed by atoms with E-state index in [1.54, 1.807) is 0 Å². The molecule has 4 rings (SSSR count). The molecule has 188 valence electrons. The van der Waals surface area contributed by atoms with Gasteiger partial charge >= 0.3 is 0 Å². The highest BCUT2D eigenvalue weighted by Crippen LogP contribution is 2.36. The maximum absolute atomic E-state index is 13.9. The minimum absolute atomic E-state index is 0.0125. The molecule has 4 aliphatic rings. The molecule has 0 fully saturated rings. The van der Waals surface area contributed by atoms with Gasteiger partial charge in [-0.1, -0.05) is 55.0 Å². The van der Waals surface area contributed by atoms with Gasteiger partial charge in [-0.25, -0.2) is 0 Å². The fraction of sp³-hybridized carbons (Fsp3) is 0.533. The van der Waals surface area contributed by atoms with Crippen LogP contribution in [0.3, 0.4) is 0 Å². The van der Waals surface area contributed by atoms with E-state index >= 15 is 0 Å². The molecular weight excluding hydrogens is 434 g/mol. The Labute approximate surface area is 211 Å². The fourth-order valence-electron chi connectivity index (χ4n) is 5.35. The van der Waals surface area contributed by atoms with Crippen LogP contribution in [0.2, 0.25) is 0 Å². The van der Waals surface area contributed by atoms with Gasteiger partial charge in [0.25, 0.3) is 0 Å². The Bertz CT molecular complexity index is 951. The first kappa shape index (κ1) is 25.4. The number of unbranched alkanes of at least 4 members (excludes halogenated alkanes) is 2. The zero-order valence-electron chi connectivity index (χ0n) is 21.3. The third-order valence-corrected chi connectivity index (χ3v) is 7.09. The molecule has 0 spiro atoms. The van der Waals surface area contributed by atoms with Gasteiger partial charge in [0.05, 0.1) is 31.1 Å². The lowest BCUT2D eigenvalue weighted by Crippen LogP contribution is -2.36. The van der Waals surface area contributed by atoms with Crippen molar-refractivity contribution in [2.75, 3.05) is 39.3 Å². The molecule has 35 heavy (non-hydrogen) atoms. The first-order chi connectivity index (χ1) is 17.3. The van der Waals surface area contributed by atoms with E-state index in [9.17, 15) is 4.79 Å². The maximum atomic E-state index is 13.9. The number of rotatable bonds is 11. The minimum Gasteiger partial charge on any atom is -0.496 e. The first-order valence-corrected chi connectivity index (χ1v) is 13.5. The lowest BCUT2D eigenvalue weighted by molar-refractivity contribution is -0.112. The summed E-state index contributed by atoms with van der Waals surface area (Å²) in [6.45, 7) is 7.48. The van der Waals surface area contributed by atoms with E-state index in [0.717, 1.165) is 81.7 Å². The molecule has 0 aromatic rings. The average Bonchev–Trinajstić information content (AvgIpc) is 3.22. The Morgan fingerprint density at radius 3 is 2.80 bits per heavy atom. The highest BCUT2D eigenvalue weighted by atomic mass is 16.5. The molecule has 2 aliphatic carbocycles. The van der Waals surface area contributed by atoms with Crippen molar-refractivity contribution < 1.29 is 9.53 Å². The van der Waals surface area contributed by atoms with Crippen molar-refractivity contribution in [2.24, 2.45) is 4.99 Å². The summed E-state index contributed by atoms with van der Waals surface area (Å²) in [7, 11) is 0. The average molecular weight is 476 g/mol. The van der Waals surface area contributed by atoms with Crippen molar-refractivity contribution in [1.29, 1.82) is 0 Å². The van der Waals surface area contributed by atoms with E-state index in [1.165, 1.54) is 24.8 Å². The van der Waals surface area contributed by atoms with Gasteiger partial charge in [0.15, 0.2) is 5.78 Å². The predicted octanol–water partition coefficient (Wildman–Crippen LogP) is 5.54. The van der Waals surface area contributed by atoms with Crippen molar-refractivity contribution in [1.82, 2.24) is 9.80 Å². The Morgan fingerprint density at radius 2 is 2.00 bits per heavy atom. The molecule has 2 heterocycles. The topological polar surface area (TPSA) is 45.1 Å². The number of carbonyl (C=O) groups excluding carboxylic acids is 1. The normalized spacial score (nSPS) is 23.7. The van der Waals surface area contributed by atoms with Crippen LogP contribution in [-0.4, -0.2) is 67.3 Å². The van der Waals surface area contributed by atoms with E-state index < -0.39 is 0 Å². The molecule has 0 radical (unpaired) electrons. The second-order valence-corrected chi connectivity index (χ2v) is 9.66. The smallest absolute Gasteiger partial charge is 0.194 e. The molecule has 1 unspecified atom stereocenters. The van der Waals surface area contributed by atoms with E-state index in [1.807, 2.05) is 19.3 Å². The summed E-state index contributed by atoms with van der Waals surface area (Å²) >= 11 is 0. The van der Waals surface area contributed by atoms with Crippen LogP contribution >= 0.6 is 0 Å². The Balaban J connectivity index is 1.48. The quantitative estimate of drug-likeness (QED) is 0.291.